The zero-order chi connectivity index (χ0) is 18.6. The van der Waals surface area contributed by atoms with E-state index in [0.29, 0.717) is 28.9 Å². The molecule has 1 aromatic carbocycles. The number of ketones is 1. The molecule has 1 N–H and O–H groups in total. The van der Waals surface area contributed by atoms with E-state index >= 15 is 0 Å². The zero-order valence-electron chi connectivity index (χ0n) is 14.9. The molecule has 0 saturated carbocycles. The van der Waals surface area contributed by atoms with Gasteiger partial charge in [-0.05, 0) is 38.5 Å². The molecule has 0 saturated heterocycles. The van der Waals surface area contributed by atoms with Crippen molar-refractivity contribution in [1.82, 2.24) is 9.88 Å². The fourth-order valence-corrected chi connectivity index (χ4v) is 2.82. The van der Waals surface area contributed by atoms with Gasteiger partial charge in [0.2, 0.25) is 0 Å². The highest BCUT2D eigenvalue weighted by Crippen LogP contribution is 2.20. The number of aromatic nitrogens is 1. The largest absolute Gasteiger partial charge is 0.464 e. The van der Waals surface area contributed by atoms with Crippen LogP contribution in [0.1, 0.15) is 49.4 Å². The molecule has 132 valence electrons. The molecule has 25 heavy (non-hydrogen) atoms. The second-order valence-corrected chi connectivity index (χ2v) is 5.73. The number of carbonyl (C=O) groups excluding carboxylic acids is 3. The molecule has 2 rings (SSSR count). The summed E-state index contributed by atoms with van der Waals surface area (Å²) in [6.07, 6.45) is 0. The molecule has 0 spiro atoms. The average Bonchev–Trinajstić information content (AvgIpc) is 2.93. The van der Waals surface area contributed by atoms with Gasteiger partial charge in [-0.1, -0.05) is 18.2 Å². The summed E-state index contributed by atoms with van der Waals surface area (Å²) in [5, 5.41) is 0. The molecule has 0 aliphatic rings. The smallest absolute Gasteiger partial charge is 0.354 e. The second kappa shape index (κ2) is 7.79. The van der Waals surface area contributed by atoms with E-state index in [1.54, 1.807) is 38.1 Å². The lowest BCUT2D eigenvalue weighted by atomic mass is 10.0. The van der Waals surface area contributed by atoms with Gasteiger partial charge >= 0.3 is 5.97 Å². The van der Waals surface area contributed by atoms with E-state index in [4.69, 9.17) is 4.74 Å². The lowest BCUT2D eigenvalue weighted by Crippen LogP contribution is -2.35. The van der Waals surface area contributed by atoms with Crippen LogP contribution in [-0.2, 0) is 4.74 Å². The van der Waals surface area contributed by atoms with Crippen molar-refractivity contribution in [3.8, 4) is 0 Å². The number of rotatable bonds is 6. The highest BCUT2D eigenvalue weighted by Gasteiger charge is 2.25. The van der Waals surface area contributed by atoms with Crippen LogP contribution in [0.5, 0.6) is 0 Å². The SMILES string of the molecule is CCN(CC(=O)c1c(C)[nH]c(C(=O)OC)c1C)C(=O)c1ccccc1. The number of nitrogens with one attached hydrogen (secondary N) is 1. The minimum absolute atomic E-state index is 0.0512. The molecule has 1 aromatic heterocycles. The van der Waals surface area contributed by atoms with Crippen molar-refractivity contribution in [3.05, 3.63) is 58.4 Å². The summed E-state index contributed by atoms with van der Waals surface area (Å²) in [5.74, 6) is -0.935. The number of methoxy groups -OCH3 is 1. The maximum absolute atomic E-state index is 12.7. The van der Waals surface area contributed by atoms with Gasteiger partial charge in [-0.3, -0.25) is 9.59 Å². The Balaban J connectivity index is 2.25. The Morgan fingerprint density at radius 2 is 1.76 bits per heavy atom. The number of likely N-dealkylation sites (N-methyl/N-ethyl adjacent to an activating group) is 1. The number of aromatic amines is 1. The van der Waals surface area contributed by atoms with Crippen molar-refractivity contribution in [2.75, 3.05) is 20.2 Å². The summed E-state index contributed by atoms with van der Waals surface area (Å²) in [6.45, 7) is 5.60. The molecule has 0 aliphatic carbocycles. The van der Waals surface area contributed by atoms with Crippen molar-refractivity contribution < 1.29 is 19.1 Å². The van der Waals surface area contributed by atoms with Crippen molar-refractivity contribution in [1.29, 1.82) is 0 Å². The average molecular weight is 342 g/mol. The number of hydrogen-bond donors (Lipinski definition) is 1. The Kier molecular flexibility index (Phi) is 5.75. The van der Waals surface area contributed by atoms with E-state index in [9.17, 15) is 14.4 Å². The van der Waals surface area contributed by atoms with Crippen LogP contribution in [0.25, 0.3) is 0 Å². The highest BCUT2D eigenvalue weighted by molar-refractivity contribution is 6.05. The van der Waals surface area contributed by atoms with E-state index < -0.39 is 5.97 Å². The number of aryl methyl sites for hydroxylation is 1. The van der Waals surface area contributed by atoms with Gasteiger partial charge in [-0.2, -0.15) is 0 Å². The lowest BCUT2D eigenvalue weighted by Gasteiger charge is -2.20. The van der Waals surface area contributed by atoms with E-state index in [1.165, 1.54) is 12.0 Å². The number of ether oxygens (including phenoxy) is 1. The number of carbonyl (C=O) groups is 3. The predicted molar refractivity (Wildman–Crippen MR) is 94.0 cm³/mol. The molecule has 1 heterocycles. The van der Waals surface area contributed by atoms with Gasteiger partial charge in [0, 0.05) is 23.4 Å². The number of H-pyrrole nitrogens is 1. The molecule has 2 aromatic rings. The molecule has 1 amide bonds. The first-order valence-corrected chi connectivity index (χ1v) is 8.05. The normalized spacial score (nSPS) is 10.4. The molecule has 6 nitrogen and oxygen atoms in total. The molecule has 0 radical (unpaired) electrons. The van der Waals surface area contributed by atoms with Gasteiger partial charge in [0.05, 0.1) is 13.7 Å². The number of hydrogen-bond acceptors (Lipinski definition) is 4. The van der Waals surface area contributed by atoms with Crippen LogP contribution in [0.4, 0.5) is 0 Å². The fourth-order valence-electron chi connectivity index (χ4n) is 2.82. The summed E-state index contributed by atoms with van der Waals surface area (Å²) >= 11 is 0. The summed E-state index contributed by atoms with van der Waals surface area (Å²) in [5.41, 5.74) is 2.36. The summed E-state index contributed by atoms with van der Waals surface area (Å²) in [6, 6.07) is 8.84. The van der Waals surface area contributed by atoms with Crippen LogP contribution in [0, 0.1) is 13.8 Å². The quantitative estimate of drug-likeness (QED) is 0.647. The van der Waals surface area contributed by atoms with Gasteiger partial charge < -0.3 is 14.6 Å². The molecular weight excluding hydrogens is 320 g/mol. The third-order valence-corrected chi connectivity index (χ3v) is 4.13. The lowest BCUT2D eigenvalue weighted by molar-refractivity contribution is 0.0593. The van der Waals surface area contributed by atoms with Crippen LogP contribution in [-0.4, -0.2) is 47.7 Å². The minimum atomic E-state index is -0.521. The molecule has 0 bridgehead atoms. The van der Waals surface area contributed by atoms with E-state index in [1.807, 2.05) is 13.0 Å². The van der Waals surface area contributed by atoms with E-state index in [-0.39, 0.29) is 23.9 Å². The first-order valence-electron chi connectivity index (χ1n) is 8.05. The number of amides is 1. The number of Topliss-reactive ketones (excluding diaryl/α,β-unsaturated/α-hetero) is 1. The third kappa shape index (κ3) is 3.79. The Bertz CT molecular complexity index is 793. The molecule has 0 fully saturated rings. The van der Waals surface area contributed by atoms with Gasteiger partial charge in [0.15, 0.2) is 5.78 Å². The van der Waals surface area contributed by atoms with Crippen molar-refractivity contribution in [2.45, 2.75) is 20.8 Å². The Labute approximate surface area is 146 Å². The van der Waals surface area contributed by atoms with Crippen molar-refractivity contribution in [3.63, 3.8) is 0 Å². The Morgan fingerprint density at radius 3 is 2.32 bits per heavy atom. The summed E-state index contributed by atoms with van der Waals surface area (Å²) in [4.78, 5) is 41.5. The number of nitrogens with zero attached hydrogens (tertiary/aromatic N) is 1. The highest BCUT2D eigenvalue weighted by atomic mass is 16.5. The van der Waals surface area contributed by atoms with Gasteiger partial charge in [-0.25, -0.2) is 4.79 Å². The topological polar surface area (TPSA) is 79.5 Å². The summed E-state index contributed by atoms with van der Waals surface area (Å²) < 4.78 is 4.72. The van der Waals surface area contributed by atoms with Gasteiger partial charge in [0.25, 0.3) is 5.91 Å². The van der Waals surface area contributed by atoms with Crippen molar-refractivity contribution in [2.24, 2.45) is 0 Å². The van der Waals surface area contributed by atoms with E-state index in [0.717, 1.165) is 0 Å². The van der Waals surface area contributed by atoms with Crippen LogP contribution >= 0.6 is 0 Å². The third-order valence-electron chi connectivity index (χ3n) is 4.13. The van der Waals surface area contributed by atoms with Crippen LogP contribution < -0.4 is 0 Å². The standard InChI is InChI=1S/C19H22N2O4/c1-5-21(18(23)14-9-7-6-8-10-14)11-15(22)16-12(2)17(19(24)25-4)20-13(16)3/h6-10,20H,5,11H2,1-4H3. The minimum Gasteiger partial charge on any atom is -0.464 e. The van der Waals surface area contributed by atoms with E-state index in [2.05, 4.69) is 4.98 Å². The van der Waals surface area contributed by atoms with Crippen LogP contribution in [0.15, 0.2) is 30.3 Å². The number of esters is 1. The van der Waals surface area contributed by atoms with Crippen LogP contribution in [0.3, 0.4) is 0 Å². The van der Waals surface area contributed by atoms with Gasteiger partial charge in [0.1, 0.15) is 5.69 Å². The molecule has 0 unspecified atom stereocenters. The molecular formula is C19H22N2O4. The molecule has 6 heteroatoms. The second-order valence-electron chi connectivity index (χ2n) is 5.73. The Hall–Kier alpha value is -2.89. The zero-order valence-corrected chi connectivity index (χ0v) is 14.9. The molecule has 0 aliphatic heterocycles. The maximum atomic E-state index is 12.7. The first kappa shape index (κ1) is 18.4. The van der Waals surface area contributed by atoms with Gasteiger partial charge in [-0.15, -0.1) is 0 Å². The molecule has 0 atom stereocenters. The maximum Gasteiger partial charge on any atom is 0.354 e. The Morgan fingerprint density at radius 1 is 1.12 bits per heavy atom. The fraction of sp³-hybridized carbons (Fsp3) is 0.316. The monoisotopic (exact) mass is 342 g/mol. The first-order chi connectivity index (χ1) is 11.9. The number of benzene rings is 1. The van der Waals surface area contributed by atoms with Crippen LogP contribution in [0.2, 0.25) is 0 Å². The predicted octanol–water partition coefficient (Wildman–Crippen LogP) is 2.76. The summed E-state index contributed by atoms with van der Waals surface area (Å²) in [7, 11) is 1.29. The van der Waals surface area contributed by atoms with Crippen molar-refractivity contribution >= 4 is 17.7 Å².